The van der Waals surface area contributed by atoms with Gasteiger partial charge in [0.2, 0.25) is 0 Å². The third kappa shape index (κ3) is 4.50. The van der Waals surface area contributed by atoms with Gasteiger partial charge < -0.3 is 0 Å². The maximum atomic E-state index is 11.9. The standard InChI is InChI=1S/C12H25OS/c1-9(2)14(10(3)4)8-11(13)12(5,6)7/h9-10H,8H2,1-7H3/q+1. The van der Waals surface area contributed by atoms with E-state index in [2.05, 4.69) is 27.7 Å². The van der Waals surface area contributed by atoms with Gasteiger partial charge in [0, 0.05) is 5.41 Å². The van der Waals surface area contributed by atoms with Gasteiger partial charge in [0.25, 0.3) is 0 Å². The molecule has 2 heteroatoms. The molecular weight excluding hydrogens is 192 g/mol. The summed E-state index contributed by atoms with van der Waals surface area (Å²) >= 11 is 0. The highest BCUT2D eigenvalue weighted by Crippen LogP contribution is 2.20. The first-order chi connectivity index (χ1) is 6.16. The highest BCUT2D eigenvalue weighted by molar-refractivity contribution is 7.98. The Morgan fingerprint density at radius 2 is 1.43 bits per heavy atom. The van der Waals surface area contributed by atoms with Crippen molar-refractivity contribution in [3.8, 4) is 0 Å². The van der Waals surface area contributed by atoms with Crippen molar-refractivity contribution in [3.05, 3.63) is 0 Å². The van der Waals surface area contributed by atoms with Crippen LogP contribution in [0.4, 0.5) is 0 Å². The Morgan fingerprint density at radius 3 is 1.64 bits per heavy atom. The Balaban J connectivity index is 4.40. The molecule has 0 bridgehead atoms. The summed E-state index contributed by atoms with van der Waals surface area (Å²) in [4.78, 5) is 11.9. The van der Waals surface area contributed by atoms with E-state index in [9.17, 15) is 4.79 Å². The van der Waals surface area contributed by atoms with Crippen molar-refractivity contribution >= 4 is 16.7 Å². The molecule has 0 amide bonds. The molecule has 0 aliphatic heterocycles. The zero-order valence-electron chi connectivity index (χ0n) is 10.7. The van der Waals surface area contributed by atoms with Gasteiger partial charge in [-0.1, -0.05) is 20.8 Å². The molecule has 0 aliphatic carbocycles. The van der Waals surface area contributed by atoms with Gasteiger partial charge in [-0.3, -0.25) is 4.79 Å². The summed E-state index contributed by atoms with van der Waals surface area (Å²) in [5.41, 5.74) is -0.172. The predicted octanol–water partition coefficient (Wildman–Crippen LogP) is 3.04. The fourth-order valence-electron chi connectivity index (χ4n) is 1.25. The van der Waals surface area contributed by atoms with Crippen LogP contribution in [0.25, 0.3) is 0 Å². The second-order valence-electron chi connectivity index (χ2n) is 5.38. The van der Waals surface area contributed by atoms with Crippen LogP contribution in [0.3, 0.4) is 0 Å². The molecule has 0 aromatic carbocycles. The maximum absolute atomic E-state index is 11.9. The molecule has 84 valence electrons. The highest BCUT2D eigenvalue weighted by Gasteiger charge is 2.34. The van der Waals surface area contributed by atoms with Crippen LogP contribution in [0.1, 0.15) is 48.5 Å². The number of Topliss-reactive ketones (excluding diaryl/α,β-unsaturated/α-hetero) is 1. The summed E-state index contributed by atoms with van der Waals surface area (Å²) in [6.45, 7) is 14.9. The third-order valence-corrected chi connectivity index (χ3v) is 5.36. The Kier molecular flexibility index (Phi) is 5.21. The van der Waals surface area contributed by atoms with E-state index in [1.165, 1.54) is 0 Å². The fraction of sp³-hybridized carbons (Fsp3) is 0.917. The van der Waals surface area contributed by atoms with Crippen molar-refractivity contribution in [2.45, 2.75) is 59.0 Å². The Labute approximate surface area is 92.0 Å². The van der Waals surface area contributed by atoms with E-state index in [-0.39, 0.29) is 16.3 Å². The van der Waals surface area contributed by atoms with Gasteiger partial charge >= 0.3 is 0 Å². The second kappa shape index (κ2) is 5.20. The van der Waals surface area contributed by atoms with E-state index < -0.39 is 0 Å². The molecule has 0 spiro atoms. The lowest BCUT2D eigenvalue weighted by atomic mass is 9.92. The molecule has 0 heterocycles. The van der Waals surface area contributed by atoms with Gasteiger partial charge in [0.1, 0.15) is 10.5 Å². The summed E-state index contributed by atoms with van der Waals surface area (Å²) in [7, 11) is 0.246. The number of hydrogen-bond donors (Lipinski definition) is 0. The molecule has 14 heavy (non-hydrogen) atoms. The fourth-order valence-corrected chi connectivity index (χ4v) is 3.74. The van der Waals surface area contributed by atoms with Gasteiger partial charge in [-0.25, -0.2) is 0 Å². The van der Waals surface area contributed by atoms with Crippen LogP contribution in [0.15, 0.2) is 0 Å². The third-order valence-electron chi connectivity index (χ3n) is 2.35. The normalized spacial score (nSPS) is 13.0. The summed E-state index contributed by atoms with van der Waals surface area (Å²) in [5, 5.41) is 1.25. The lowest BCUT2D eigenvalue weighted by Crippen LogP contribution is -2.36. The molecule has 0 aromatic heterocycles. The molecule has 0 fully saturated rings. The zero-order valence-corrected chi connectivity index (χ0v) is 11.5. The van der Waals surface area contributed by atoms with Gasteiger partial charge in [-0.05, 0) is 38.6 Å². The van der Waals surface area contributed by atoms with Gasteiger partial charge in [0.15, 0.2) is 11.5 Å². The Hall–Kier alpha value is 0.0200. The molecule has 0 unspecified atom stereocenters. The van der Waals surface area contributed by atoms with Crippen LogP contribution in [-0.4, -0.2) is 22.0 Å². The lowest BCUT2D eigenvalue weighted by molar-refractivity contribution is -0.123. The minimum absolute atomic E-state index is 0.172. The largest absolute Gasteiger partial charge is 0.294 e. The molecule has 0 saturated heterocycles. The number of carbonyl (C=O) groups excluding carboxylic acids is 1. The molecule has 0 rings (SSSR count). The van der Waals surface area contributed by atoms with Crippen LogP contribution in [0, 0.1) is 5.41 Å². The number of ketones is 1. The van der Waals surface area contributed by atoms with Crippen molar-refractivity contribution in [1.82, 2.24) is 0 Å². The average Bonchev–Trinajstić information content (AvgIpc) is 1.96. The summed E-state index contributed by atoms with van der Waals surface area (Å²) < 4.78 is 0. The second-order valence-corrected chi connectivity index (χ2v) is 8.50. The first-order valence-corrected chi connectivity index (χ1v) is 6.90. The van der Waals surface area contributed by atoms with Gasteiger partial charge in [-0.2, -0.15) is 0 Å². The SMILES string of the molecule is CC(C)[S+](CC(=O)C(C)(C)C)C(C)C. The quantitative estimate of drug-likeness (QED) is 0.662. The highest BCUT2D eigenvalue weighted by atomic mass is 32.2. The minimum atomic E-state index is -0.172. The van der Waals surface area contributed by atoms with Crippen molar-refractivity contribution in [3.63, 3.8) is 0 Å². The lowest BCUT2D eigenvalue weighted by Gasteiger charge is -2.20. The number of rotatable bonds is 4. The molecule has 0 atom stereocenters. The smallest absolute Gasteiger partial charge is 0.187 e. The predicted molar refractivity (Wildman–Crippen MR) is 67.0 cm³/mol. The van der Waals surface area contributed by atoms with Crippen molar-refractivity contribution in [2.24, 2.45) is 5.41 Å². The van der Waals surface area contributed by atoms with E-state index in [0.717, 1.165) is 5.75 Å². The van der Waals surface area contributed by atoms with Crippen LogP contribution >= 0.6 is 0 Å². The number of carbonyl (C=O) groups is 1. The molecule has 0 aliphatic rings. The van der Waals surface area contributed by atoms with Gasteiger partial charge in [-0.15, -0.1) is 0 Å². The average molecular weight is 217 g/mol. The van der Waals surface area contributed by atoms with E-state index >= 15 is 0 Å². The molecule has 0 saturated carbocycles. The monoisotopic (exact) mass is 217 g/mol. The minimum Gasteiger partial charge on any atom is -0.294 e. The molecule has 1 nitrogen and oxygen atoms in total. The topological polar surface area (TPSA) is 17.1 Å². The molecular formula is C12H25OS+. The van der Waals surface area contributed by atoms with Crippen molar-refractivity contribution < 1.29 is 4.79 Å². The summed E-state index contributed by atoms with van der Waals surface area (Å²) in [5.74, 6) is 1.17. The van der Waals surface area contributed by atoms with E-state index in [1.807, 2.05) is 20.8 Å². The van der Waals surface area contributed by atoms with Crippen molar-refractivity contribution in [2.75, 3.05) is 5.75 Å². The van der Waals surface area contributed by atoms with Crippen molar-refractivity contribution in [1.29, 1.82) is 0 Å². The Morgan fingerprint density at radius 1 is 1.07 bits per heavy atom. The first kappa shape index (κ1) is 14.0. The molecule has 0 N–H and O–H groups in total. The Bertz CT molecular complexity index is 181. The van der Waals surface area contributed by atoms with E-state index in [0.29, 0.717) is 16.3 Å². The maximum Gasteiger partial charge on any atom is 0.187 e. The first-order valence-electron chi connectivity index (χ1n) is 5.38. The van der Waals surface area contributed by atoms with Crippen LogP contribution in [0.5, 0.6) is 0 Å². The van der Waals surface area contributed by atoms with E-state index in [4.69, 9.17) is 0 Å². The summed E-state index contributed by atoms with van der Waals surface area (Å²) in [6, 6.07) is 0. The summed E-state index contributed by atoms with van der Waals surface area (Å²) in [6.07, 6.45) is 0. The van der Waals surface area contributed by atoms with Gasteiger partial charge in [0.05, 0.1) is 0 Å². The molecule has 0 aromatic rings. The van der Waals surface area contributed by atoms with Crippen LogP contribution in [0.2, 0.25) is 0 Å². The zero-order chi connectivity index (χ0) is 11.5. The van der Waals surface area contributed by atoms with Crippen LogP contribution in [-0.2, 0) is 15.7 Å². The van der Waals surface area contributed by atoms with E-state index in [1.54, 1.807) is 0 Å². The molecule has 0 radical (unpaired) electrons. The van der Waals surface area contributed by atoms with Crippen LogP contribution < -0.4 is 0 Å². The number of hydrogen-bond acceptors (Lipinski definition) is 1.